The van der Waals surface area contributed by atoms with E-state index in [9.17, 15) is 0 Å². The average Bonchev–Trinajstić information content (AvgIpc) is 2.43. The molecule has 74 valence electrons. The zero-order chi connectivity index (χ0) is 9.84. The van der Waals surface area contributed by atoms with Gasteiger partial charge in [0.2, 0.25) is 0 Å². The molecule has 3 heteroatoms. The first-order chi connectivity index (χ1) is 6.13. The zero-order valence-corrected chi connectivity index (χ0v) is 8.96. The first kappa shape index (κ1) is 10.1. The molecule has 1 aromatic heterocycles. The van der Waals surface area contributed by atoms with Crippen molar-refractivity contribution in [2.75, 3.05) is 11.9 Å². The molecule has 0 saturated heterocycles. The fourth-order valence-electron chi connectivity index (χ4n) is 1.16. The van der Waals surface area contributed by atoms with E-state index < -0.39 is 0 Å². The molecule has 0 aliphatic heterocycles. The van der Waals surface area contributed by atoms with Gasteiger partial charge in [-0.3, -0.25) is 4.68 Å². The van der Waals surface area contributed by atoms with E-state index in [-0.39, 0.29) is 0 Å². The molecule has 0 aliphatic rings. The largest absolute Gasteiger partial charge is 0.368 e. The highest BCUT2D eigenvalue weighted by atomic mass is 15.3. The van der Waals surface area contributed by atoms with Crippen molar-refractivity contribution in [3.05, 3.63) is 11.8 Å². The summed E-state index contributed by atoms with van der Waals surface area (Å²) >= 11 is 0. The fourth-order valence-corrected chi connectivity index (χ4v) is 1.16. The Bertz CT molecular complexity index is 263. The van der Waals surface area contributed by atoms with Gasteiger partial charge in [-0.15, -0.1) is 0 Å². The predicted octanol–water partition coefficient (Wildman–Crippen LogP) is 2.28. The van der Waals surface area contributed by atoms with Crippen LogP contribution in [0.3, 0.4) is 0 Å². The highest BCUT2D eigenvalue weighted by Crippen LogP contribution is 2.11. The van der Waals surface area contributed by atoms with Crippen molar-refractivity contribution in [1.82, 2.24) is 9.78 Å². The predicted molar refractivity (Wildman–Crippen MR) is 56.0 cm³/mol. The normalized spacial score (nSPS) is 10.8. The molecule has 3 nitrogen and oxygen atoms in total. The van der Waals surface area contributed by atoms with E-state index in [4.69, 9.17) is 0 Å². The van der Waals surface area contributed by atoms with Crippen LogP contribution < -0.4 is 5.32 Å². The maximum Gasteiger partial charge on any atom is 0.150 e. The van der Waals surface area contributed by atoms with Crippen molar-refractivity contribution in [2.24, 2.45) is 5.92 Å². The van der Waals surface area contributed by atoms with Gasteiger partial charge in [0.1, 0.15) is 0 Å². The Morgan fingerprint density at radius 2 is 2.23 bits per heavy atom. The monoisotopic (exact) mass is 181 g/mol. The van der Waals surface area contributed by atoms with E-state index in [2.05, 4.69) is 44.3 Å². The number of aromatic nitrogens is 2. The lowest BCUT2D eigenvalue weighted by molar-refractivity contribution is 0.652. The first-order valence-corrected chi connectivity index (χ1v) is 4.91. The molecule has 0 aromatic carbocycles. The smallest absolute Gasteiger partial charge is 0.150 e. The first-order valence-electron chi connectivity index (χ1n) is 4.91. The average molecular weight is 181 g/mol. The van der Waals surface area contributed by atoms with Gasteiger partial charge in [0, 0.05) is 24.8 Å². The minimum absolute atomic E-state index is 0.658. The summed E-state index contributed by atoms with van der Waals surface area (Å²) in [6.45, 7) is 10.5. The van der Waals surface area contributed by atoms with Crippen LogP contribution in [0.25, 0.3) is 0 Å². The van der Waals surface area contributed by atoms with Gasteiger partial charge >= 0.3 is 0 Å². The molecule has 13 heavy (non-hydrogen) atoms. The SMILES string of the molecule is CCn1cc(C)c(NCC(C)C)n1. The number of aryl methyl sites for hydroxylation is 2. The summed E-state index contributed by atoms with van der Waals surface area (Å²) in [6.07, 6.45) is 2.07. The molecule has 0 aliphatic carbocycles. The van der Waals surface area contributed by atoms with Crippen LogP contribution in [-0.2, 0) is 6.54 Å². The third kappa shape index (κ3) is 2.76. The summed E-state index contributed by atoms with van der Waals surface area (Å²) in [7, 11) is 0. The summed E-state index contributed by atoms with van der Waals surface area (Å²) < 4.78 is 1.96. The molecule has 1 heterocycles. The Morgan fingerprint density at radius 1 is 1.54 bits per heavy atom. The van der Waals surface area contributed by atoms with E-state index in [1.807, 2.05) is 4.68 Å². The van der Waals surface area contributed by atoms with Crippen LogP contribution in [0, 0.1) is 12.8 Å². The van der Waals surface area contributed by atoms with E-state index in [1.165, 1.54) is 5.56 Å². The van der Waals surface area contributed by atoms with Crippen molar-refractivity contribution in [3.8, 4) is 0 Å². The second-order valence-electron chi connectivity index (χ2n) is 3.79. The number of nitrogens with one attached hydrogen (secondary N) is 1. The maximum absolute atomic E-state index is 4.41. The van der Waals surface area contributed by atoms with Crippen molar-refractivity contribution in [1.29, 1.82) is 0 Å². The van der Waals surface area contributed by atoms with Crippen molar-refractivity contribution < 1.29 is 0 Å². The van der Waals surface area contributed by atoms with E-state index in [0.29, 0.717) is 5.92 Å². The molecule has 1 aromatic rings. The lowest BCUT2D eigenvalue weighted by Gasteiger charge is -2.06. The number of hydrogen-bond donors (Lipinski definition) is 1. The molecule has 1 rings (SSSR count). The minimum Gasteiger partial charge on any atom is -0.368 e. The molecule has 0 spiro atoms. The summed E-state index contributed by atoms with van der Waals surface area (Å²) in [4.78, 5) is 0. The molecular weight excluding hydrogens is 162 g/mol. The van der Waals surface area contributed by atoms with Crippen LogP contribution in [0.4, 0.5) is 5.82 Å². The highest BCUT2D eigenvalue weighted by Gasteiger charge is 2.03. The quantitative estimate of drug-likeness (QED) is 0.772. The topological polar surface area (TPSA) is 29.9 Å². The number of anilines is 1. The van der Waals surface area contributed by atoms with Gasteiger partial charge in [-0.1, -0.05) is 13.8 Å². The van der Waals surface area contributed by atoms with Gasteiger partial charge in [0.05, 0.1) is 0 Å². The summed E-state index contributed by atoms with van der Waals surface area (Å²) in [6, 6.07) is 0. The van der Waals surface area contributed by atoms with Gasteiger partial charge in [-0.2, -0.15) is 5.10 Å². The Labute approximate surface area is 80.1 Å². The molecule has 0 atom stereocenters. The number of rotatable bonds is 4. The second kappa shape index (κ2) is 4.30. The van der Waals surface area contributed by atoms with E-state index in [1.54, 1.807) is 0 Å². The van der Waals surface area contributed by atoms with Crippen LogP contribution >= 0.6 is 0 Å². The van der Waals surface area contributed by atoms with Gasteiger partial charge in [-0.05, 0) is 19.8 Å². The maximum atomic E-state index is 4.41. The minimum atomic E-state index is 0.658. The van der Waals surface area contributed by atoms with Gasteiger partial charge < -0.3 is 5.32 Å². The number of hydrogen-bond acceptors (Lipinski definition) is 2. The van der Waals surface area contributed by atoms with Gasteiger partial charge in [0.25, 0.3) is 0 Å². The fraction of sp³-hybridized carbons (Fsp3) is 0.700. The highest BCUT2D eigenvalue weighted by molar-refractivity contribution is 5.41. The van der Waals surface area contributed by atoms with Crippen LogP contribution in [0.2, 0.25) is 0 Å². The lowest BCUT2D eigenvalue weighted by Crippen LogP contribution is -2.09. The molecule has 0 bridgehead atoms. The third-order valence-corrected chi connectivity index (χ3v) is 1.95. The van der Waals surface area contributed by atoms with Crippen molar-refractivity contribution in [2.45, 2.75) is 34.2 Å². The number of nitrogens with zero attached hydrogens (tertiary/aromatic N) is 2. The second-order valence-corrected chi connectivity index (χ2v) is 3.79. The Hall–Kier alpha value is -0.990. The lowest BCUT2D eigenvalue weighted by atomic mass is 10.2. The Morgan fingerprint density at radius 3 is 2.69 bits per heavy atom. The van der Waals surface area contributed by atoms with Crippen LogP contribution in [0.5, 0.6) is 0 Å². The molecule has 0 amide bonds. The molecular formula is C10H19N3. The van der Waals surface area contributed by atoms with Gasteiger partial charge in [0.15, 0.2) is 5.82 Å². The molecule has 0 unspecified atom stereocenters. The Kier molecular flexibility index (Phi) is 3.34. The van der Waals surface area contributed by atoms with E-state index in [0.717, 1.165) is 18.9 Å². The van der Waals surface area contributed by atoms with Crippen LogP contribution in [-0.4, -0.2) is 16.3 Å². The molecule has 0 radical (unpaired) electrons. The molecule has 0 fully saturated rings. The molecule has 0 saturated carbocycles. The van der Waals surface area contributed by atoms with Gasteiger partial charge in [-0.25, -0.2) is 0 Å². The summed E-state index contributed by atoms with van der Waals surface area (Å²) in [5.74, 6) is 1.68. The molecule has 1 N–H and O–H groups in total. The van der Waals surface area contributed by atoms with E-state index >= 15 is 0 Å². The summed E-state index contributed by atoms with van der Waals surface area (Å²) in [5.41, 5.74) is 1.22. The van der Waals surface area contributed by atoms with Crippen molar-refractivity contribution >= 4 is 5.82 Å². The Balaban J connectivity index is 2.60. The zero-order valence-electron chi connectivity index (χ0n) is 8.96. The van der Waals surface area contributed by atoms with Crippen LogP contribution in [0.15, 0.2) is 6.20 Å². The standard InChI is InChI=1S/C10H19N3/c1-5-13-7-9(4)10(12-13)11-6-8(2)3/h7-8H,5-6H2,1-4H3,(H,11,12). The van der Waals surface area contributed by atoms with Crippen LogP contribution in [0.1, 0.15) is 26.3 Å². The van der Waals surface area contributed by atoms with Crippen molar-refractivity contribution in [3.63, 3.8) is 0 Å². The third-order valence-electron chi connectivity index (χ3n) is 1.95. The summed E-state index contributed by atoms with van der Waals surface area (Å²) in [5, 5.41) is 7.74.